The molecule has 0 spiro atoms. The van der Waals surface area contributed by atoms with E-state index >= 15 is 0 Å². The molecular formula is C20H27IN6O. The smallest absolute Gasteiger partial charge is 0.216 e. The molecule has 2 heterocycles. The summed E-state index contributed by atoms with van der Waals surface area (Å²) in [5.41, 5.74) is 1.31. The highest BCUT2D eigenvalue weighted by Gasteiger charge is 2.15. The Morgan fingerprint density at radius 3 is 2.64 bits per heavy atom. The van der Waals surface area contributed by atoms with E-state index in [-0.39, 0.29) is 30.0 Å². The Morgan fingerprint density at radius 1 is 1.18 bits per heavy atom. The van der Waals surface area contributed by atoms with Gasteiger partial charge in [0.25, 0.3) is 0 Å². The molecule has 28 heavy (non-hydrogen) atoms. The van der Waals surface area contributed by atoms with Crippen LogP contribution in [0.15, 0.2) is 58.1 Å². The molecule has 2 aromatic heterocycles. The maximum absolute atomic E-state index is 5.31. The van der Waals surface area contributed by atoms with Crippen LogP contribution in [0.1, 0.15) is 31.2 Å². The summed E-state index contributed by atoms with van der Waals surface area (Å²) < 4.78 is 5.31. The molecule has 2 unspecified atom stereocenters. The number of benzene rings is 1. The van der Waals surface area contributed by atoms with Crippen LogP contribution >= 0.6 is 24.0 Å². The first-order valence-electron chi connectivity index (χ1n) is 9.14. The summed E-state index contributed by atoms with van der Waals surface area (Å²) in [5.74, 6) is 3.18. The Morgan fingerprint density at radius 2 is 1.96 bits per heavy atom. The highest BCUT2D eigenvalue weighted by molar-refractivity contribution is 14.0. The summed E-state index contributed by atoms with van der Waals surface area (Å²) in [5, 5.41) is 13.9. The van der Waals surface area contributed by atoms with Crippen molar-refractivity contribution < 1.29 is 4.42 Å². The molecule has 1 aromatic carbocycles. The van der Waals surface area contributed by atoms with Crippen LogP contribution in [0, 0.1) is 0 Å². The molecule has 0 saturated carbocycles. The Labute approximate surface area is 182 Å². The van der Waals surface area contributed by atoms with Gasteiger partial charge in [-0.1, -0.05) is 37.3 Å². The molecular weight excluding hydrogens is 467 g/mol. The Kier molecular flexibility index (Phi) is 8.49. The average Bonchev–Trinajstić information content (AvgIpc) is 3.39. The normalized spacial score (nSPS) is 13.5. The summed E-state index contributed by atoms with van der Waals surface area (Å²) in [4.78, 5) is 8.76. The number of rotatable bonds is 7. The van der Waals surface area contributed by atoms with Gasteiger partial charge in [-0.25, -0.2) is 4.98 Å². The number of nitrogens with one attached hydrogen (secondary N) is 3. The van der Waals surface area contributed by atoms with Crippen LogP contribution in [0.25, 0.3) is 11.6 Å². The first kappa shape index (κ1) is 21.9. The lowest BCUT2D eigenvalue weighted by Gasteiger charge is -2.24. The number of aromatic nitrogens is 3. The third-order valence-corrected chi connectivity index (χ3v) is 4.59. The Balaban J connectivity index is 0.00000280. The molecule has 3 N–H and O–H groups in total. The van der Waals surface area contributed by atoms with Crippen LogP contribution in [0.3, 0.4) is 0 Å². The summed E-state index contributed by atoms with van der Waals surface area (Å²) in [6.45, 7) is 5.07. The third kappa shape index (κ3) is 5.82. The van der Waals surface area contributed by atoms with Gasteiger partial charge in [-0.05, 0) is 24.6 Å². The first-order valence-corrected chi connectivity index (χ1v) is 9.14. The van der Waals surface area contributed by atoms with Crippen LogP contribution in [0.5, 0.6) is 0 Å². The second kappa shape index (κ2) is 10.8. The van der Waals surface area contributed by atoms with Gasteiger partial charge in [0.2, 0.25) is 5.82 Å². The van der Waals surface area contributed by atoms with Crippen LogP contribution in [-0.2, 0) is 6.42 Å². The molecule has 0 bridgehead atoms. The van der Waals surface area contributed by atoms with Gasteiger partial charge in [0.1, 0.15) is 5.82 Å². The number of furan rings is 1. The molecule has 150 valence electrons. The molecule has 3 aromatic rings. The van der Waals surface area contributed by atoms with E-state index in [9.17, 15) is 0 Å². The highest BCUT2D eigenvalue weighted by atomic mass is 127. The van der Waals surface area contributed by atoms with E-state index in [0.29, 0.717) is 30.5 Å². The minimum absolute atomic E-state index is 0. The second-order valence-electron chi connectivity index (χ2n) is 6.46. The molecule has 3 rings (SSSR count). The molecule has 0 radical (unpaired) electrons. The maximum atomic E-state index is 5.31. The number of halogens is 1. The van der Waals surface area contributed by atoms with E-state index in [1.54, 1.807) is 13.3 Å². The average molecular weight is 494 g/mol. The van der Waals surface area contributed by atoms with E-state index < -0.39 is 0 Å². The minimum Gasteiger partial charge on any atom is -0.461 e. The highest BCUT2D eigenvalue weighted by Crippen LogP contribution is 2.18. The van der Waals surface area contributed by atoms with Gasteiger partial charge in [-0.3, -0.25) is 10.1 Å². The van der Waals surface area contributed by atoms with E-state index in [4.69, 9.17) is 4.42 Å². The minimum atomic E-state index is 0. The van der Waals surface area contributed by atoms with Crippen molar-refractivity contribution in [1.29, 1.82) is 0 Å². The fourth-order valence-electron chi connectivity index (χ4n) is 2.80. The van der Waals surface area contributed by atoms with Crippen molar-refractivity contribution in [2.75, 3.05) is 13.6 Å². The number of guanidine groups is 1. The summed E-state index contributed by atoms with van der Waals surface area (Å²) >= 11 is 0. The van der Waals surface area contributed by atoms with E-state index in [1.165, 1.54) is 5.56 Å². The fraction of sp³-hybridized carbons (Fsp3) is 0.350. The molecule has 0 amide bonds. The molecule has 0 aliphatic carbocycles. The zero-order valence-corrected chi connectivity index (χ0v) is 18.7. The first-order chi connectivity index (χ1) is 13.2. The predicted molar refractivity (Wildman–Crippen MR) is 122 cm³/mol. The number of aliphatic imine (C=N–C) groups is 1. The maximum Gasteiger partial charge on any atom is 0.216 e. The van der Waals surface area contributed by atoms with E-state index in [1.807, 2.05) is 18.2 Å². The van der Waals surface area contributed by atoms with Crippen molar-refractivity contribution in [2.24, 2.45) is 4.99 Å². The summed E-state index contributed by atoms with van der Waals surface area (Å²) in [7, 11) is 1.78. The lowest BCUT2D eigenvalue weighted by molar-refractivity contribution is 0.550. The van der Waals surface area contributed by atoms with Crippen LogP contribution in [-0.4, -0.2) is 40.8 Å². The second-order valence-corrected chi connectivity index (χ2v) is 6.46. The SMILES string of the molecule is CN=C(NCCc1nc(-c2ccco2)n[nH]1)NC(C)C(C)c1ccccc1.I. The van der Waals surface area contributed by atoms with Gasteiger partial charge < -0.3 is 15.1 Å². The standard InChI is InChI=1S/C20H26N6O.HI/c1-14(16-8-5-4-6-9-16)15(2)23-20(21-3)22-12-11-18-24-19(26-25-18)17-10-7-13-27-17;/h4-10,13-15H,11-12H2,1-3H3,(H2,21,22,23)(H,24,25,26);1H. The predicted octanol–water partition coefficient (Wildman–Crippen LogP) is 3.58. The van der Waals surface area contributed by atoms with Crippen LogP contribution in [0.4, 0.5) is 0 Å². The molecule has 2 atom stereocenters. The number of hydrogen-bond donors (Lipinski definition) is 3. The lowest BCUT2D eigenvalue weighted by atomic mass is 9.94. The molecule has 0 fully saturated rings. The van der Waals surface area contributed by atoms with Crippen molar-refractivity contribution >= 4 is 29.9 Å². The van der Waals surface area contributed by atoms with Crippen molar-refractivity contribution in [3.8, 4) is 11.6 Å². The number of nitrogens with zero attached hydrogens (tertiary/aromatic N) is 3. The van der Waals surface area contributed by atoms with Gasteiger partial charge in [0, 0.05) is 32.0 Å². The fourth-order valence-corrected chi connectivity index (χ4v) is 2.80. The zero-order valence-electron chi connectivity index (χ0n) is 16.3. The van der Waals surface area contributed by atoms with Crippen LogP contribution in [0.2, 0.25) is 0 Å². The molecule has 0 aliphatic rings. The van der Waals surface area contributed by atoms with Gasteiger partial charge in [-0.15, -0.1) is 24.0 Å². The topological polar surface area (TPSA) is 91.1 Å². The van der Waals surface area contributed by atoms with E-state index in [0.717, 1.165) is 11.8 Å². The molecule has 7 nitrogen and oxygen atoms in total. The lowest BCUT2D eigenvalue weighted by Crippen LogP contribution is -2.44. The summed E-state index contributed by atoms with van der Waals surface area (Å²) in [6, 6.07) is 14.4. The van der Waals surface area contributed by atoms with Gasteiger partial charge >= 0.3 is 0 Å². The van der Waals surface area contributed by atoms with Crippen molar-refractivity contribution in [2.45, 2.75) is 32.2 Å². The third-order valence-electron chi connectivity index (χ3n) is 4.59. The van der Waals surface area contributed by atoms with Gasteiger partial charge in [0.15, 0.2) is 11.7 Å². The molecule has 0 saturated heterocycles. The Hall–Kier alpha value is -2.36. The van der Waals surface area contributed by atoms with Crippen LogP contribution < -0.4 is 10.6 Å². The Bertz CT molecular complexity index is 847. The molecule has 8 heteroatoms. The van der Waals surface area contributed by atoms with Crippen molar-refractivity contribution in [3.05, 3.63) is 60.1 Å². The quantitative estimate of drug-likeness (QED) is 0.266. The van der Waals surface area contributed by atoms with Crippen molar-refractivity contribution in [1.82, 2.24) is 25.8 Å². The number of hydrogen-bond acceptors (Lipinski definition) is 4. The number of H-pyrrole nitrogens is 1. The molecule has 0 aliphatic heterocycles. The number of aromatic amines is 1. The van der Waals surface area contributed by atoms with Crippen molar-refractivity contribution in [3.63, 3.8) is 0 Å². The monoisotopic (exact) mass is 494 g/mol. The zero-order chi connectivity index (χ0) is 19.1. The summed E-state index contributed by atoms with van der Waals surface area (Å²) in [6.07, 6.45) is 2.32. The van der Waals surface area contributed by atoms with Gasteiger partial charge in [0.05, 0.1) is 6.26 Å². The largest absolute Gasteiger partial charge is 0.461 e. The van der Waals surface area contributed by atoms with E-state index in [2.05, 4.69) is 68.9 Å². The van der Waals surface area contributed by atoms with Gasteiger partial charge in [-0.2, -0.15) is 5.10 Å².